The highest BCUT2D eigenvalue weighted by molar-refractivity contribution is 6.33. The van der Waals surface area contributed by atoms with Crippen molar-refractivity contribution in [2.75, 3.05) is 13.1 Å². The lowest BCUT2D eigenvalue weighted by atomic mass is 9.78. The van der Waals surface area contributed by atoms with Crippen molar-refractivity contribution >= 4 is 23.4 Å². The summed E-state index contributed by atoms with van der Waals surface area (Å²) in [6.45, 7) is 1.23. The van der Waals surface area contributed by atoms with Crippen molar-refractivity contribution in [1.82, 2.24) is 10.2 Å². The topological polar surface area (TPSA) is 49.4 Å². The number of benzene rings is 1. The van der Waals surface area contributed by atoms with Gasteiger partial charge in [0.15, 0.2) is 0 Å². The summed E-state index contributed by atoms with van der Waals surface area (Å²) in [7, 11) is 0. The maximum atomic E-state index is 12.6. The van der Waals surface area contributed by atoms with Gasteiger partial charge in [0.2, 0.25) is 5.91 Å². The van der Waals surface area contributed by atoms with E-state index < -0.39 is 0 Å². The number of carbonyl (C=O) groups is 2. The van der Waals surface area contributed by atoms with E-state index in [1.54, 1.807) is 24.3 Å². The van der Waals surface area contributed by atoms with Gasteiger partial charge in [0.05, 0.1) is 10.6 Å². The highest BCUT2D eigenvalue weighted by Crippen LogP contribution is 2.35. The number of hydrogen-bond donors (Lipinski definition) is 1. The number of carbonyl (C=O) groups excluding carboxylic acids is 2. The van der Waals surface area contributed by atoms with Gasteiger partial charge in [-0.15, -0.1) is 0 Å². The van der Waals surface area contributed by atoms with Crippen LogP contribution in [0.1, 0.15) is 55.3 Å². The predicted molar refractivity (Wildman–Crippen MR) is 95.1 cm³/mol. The Morgan fingerprint density at radius 3 is 2.71 bits per heavy atom. The van der Waals surface area contributed by atoms with E-state index in [-0.39, 0.29) is 11.8 Å². The van der Waals surface area contributed by atoms with E-state index in [1.165, 1.54) is 25.7 Å². The van der Waals surface area contributed by atoms with Crippen molar-refractivity contribution in [2.45, 2.75) is 51.0 Å². The van der Waals surface area contributed by atoms with Crippen LogP contribution in [-0.4, -0.2) is 35.8 Å². The molecule has 2 aliphatic rings. The van der Waals surface area contributed by atoms with E-state index in [1.807, 2.05) is 0 Å². The average molecular weight is 349 g/mol. The number of amides is 2. The van der Waals surface area contributed by atoms with Gasteiger partial charge in [-0.3, -0.25) is 9.59 Å². The molecule has 1 heterocycles. The van der Waals surface area contributed by atoms with Crippen LogP contribution in [0.2, 0.25) is 5.02 Å². The van der Waals surface area contributed by atoms with Crippen molar-refractivity contribution in [3.63, 3.8) is 0 Å². The smallest absolute Gasteiger partial charge is 0.252 e. The number of nitrogens with one attached hydrogen (secondary N) is 1. The first-order valence-corrected chi connectivity index (χ1v) is 9.37. The van der Waals surface area contributed by atoms with Crippen LogP contribution in [0.25, 0.3) is 0 Å². The molecule has 1 aromatic rings. The Hall–Kier alpha value is -1.55. The fraction of sp³-hybridized carbons (Fsp3) is 0.579. The van der Waals surface area contributed by atoms with Crippen molar-refractivity contribution in [1.29, 1.82) is 0 Å². The monoisotopic (exact) mass is 348 g/mol. The normalized spacial score (nSPS) is 23.5. The van der Waals surface area contributed by atoms with Gasteiger partial charge in [-0.05, 0) is 43.7 Å². The molecule has 0 spiro atoms. The molecule has 2 unspecified atom stereocenters. The third-order valence-corrected chi connectivity index (χ3v) is 5.64. The van der Waals surface area contributed by atoms with Crippen LogP contribution < -0.4 is 5.32 Å². The molecule has 5 heteroatoms. The SMILES string of the molecule is O=C(NCCC(=O)N1CCCC2CCCCC21)c1ccccc1Cl. The summed E-state index contributed by atoms with van der Waals surface area (Å²) in [5, 5.41) is 3.24. The van der Waals surface area contributed by atoms with Crippen LogP contribution >= 0.6 is 11.6 Å². The third kappa shape index (κ3) is 3.92. The van der Waals surface area contributed by atoms with Crippen LogP contribution in [0.3, 0.4) is 0 Å². The molecule has 1 aliphatic carbocycles. The van der Waals surface area contributed by atoms with Crippen LogP contribution in [0.5, 0.6) is 0 Å². The summed E-state index contributed by atoms with van der Waals surface area (Å²) in [5.41, 5.74) is 0.455. The van der Waals surface area contributed by atoms with Crippen molar-refractivity contribution in [3.05, 3.63) is 34.9 Å². The molecule has 24 heavy (non-hydrogen) atoms. The number of piperidine rings is 1. The maximum absolute atomic E-state index is 12.6. The second-order valence-electron chi connectivity index (χ2n) is 6.83. The molecule has 1 saturated carbocycles. The second kappa shape index (κ2) is 8.02. The van der Waals surface area contributed by atoms with Gasteiger partial charge < -0.3 is 10.2 Å². The molecule has 0 bridgehead atoms. The molecule has 4 nitrogen and oxygen atoms in total. The Balaban J connectivity index is 1.50. The lowest BCUT2D eigenvalue weighted by Gasteiger charge is -2.44. The van der Waals surface area contributed by atoms with Crippen molar-refractivity contribution in [3.8, 4) is 0 Å². The lowest BCUT2D eigenvalue weighted by Crippen LogP contribution is -2.50. The molecular weight excluding hydrogens is 324 g/mol. The average Bonchev–Trinajstić information content (AvgIpc) is 2.61. The van der Waals surface area contributed by atoms with Gasteiger partial charge in [0.1, 0.15) is 0 Å². The first-order chi connectivity index (χ1) is 11.7. The molecule has 1 aromatic carbocycles. The zero-order chi connectivity index (χ0) is 16.9. The van der Waals surface area contributed by atoms with Crippen LogP contribution in [-0.2, 0) is 4.79 Å². The second-order valence-corrected chi connectivity index (χ2v) is 7.23. The number of likely N-dealkylation sites (tertiary alicyclic amines) is 1. The summed E-state index contributed by atoms with van der Waals surface area (Å²) in [6, 6.07) is 7.39. The summed E-state index contributed by atoms with van der Waals surface area (Å²) in [6.07, 6.45) is 7.67. The molecule has 3 rings (SSSR count). The molecule has 2 amide bonds. The molecule has 0 radical (unpaired) electrons. The molecular formula is C19H25ClN2O2. The molecule has 2 atom stereocenters. The molecule has 130 valence electrons. The number of nitrogens with zero attached hydrogens (tertiary/aromatic N) is 1. The number of hydrogen-bond acceptors (Lipinski definition) is 2. The minimum atomic E-state index is -0.220. The van der Waals surface area contributed by atoms with Gasteiger partial charge >= 0.3 is 0 Å². The summed E-state index contributed by atoms with van der Waals surface area (Å²) in [4.78, 5) is 26.8. The van der Waals surface area contributed by atoms with Gasteiger partial charge in [0.25, 0.3) is 5.91 Å². The quantitative estimate of drug-likeness (QED) is 0.903. The Bertz CT molecular complexity index is 603. The van der Waals surface area contributed by atoms with E-state index in [2.05, 4.69) is 10.2 Å². The first kappa shape index (κ1) is 17.3. The fourth-order valence-corrected chi connectivity index (χ4v) is 4.32. The molecule has 1 saturated heterocycles. The Kier molecular flexibility index (Phi) is 5.77. The van der Waals surface area contributed by atoms with Crippen molar-refractivity contribution in [2.24, 2.45) is 5.92 Å². The molecule has 1 N–H and O–H groups in total. The standard InChI is InChI=1S/C19H25ClN2O2/c20-16-9-3-2-8-15(16)19(24)21-12-11-18(23)22-13-5-7-14-6-1-4-10-17(14)22/h2-3,8-9,14,17H,1,4-7,10-13H2,(H,21,24). The third-order valence-electron chi connectivity index (χ3n) is 5.31. The largest absolute Gasteiger partial charge is 0.351 e. The van der Waals surface area contributed by atoms with Gasteiger partial charge in [-0.1, -0.05) is 36.6 Å². The van der Waals surface area contributed by atoms with E-state index in [0.29, 0.717) is 35.5 Å². The van der Waals surface area contributed by atoms with Crippen LogP contribution in [0.4, 0.5) is 0 Å². The summed E-state index contributed by atoms with van der Waals surface area (Å²) >= 11 is 6.02. The van der Waals surface area contributed by atoms with E-state index in [9.17, 15) is 9.59 Å². The van der Waals surface area contributed by atoms with Crippen LogP contribution in [0, 0.1) is 5.92 Å². The predicted octanol–water partition coefficient (Wildman–Crippen LogP) is 3.64. The van der Waals surface area contributed by atoms with E-state index in [0.717, 1.165) is 19.4 Å². The first-order valence-electron chi connectivity index (χ1n) is 8.99. The molecule has 2 fully saturated rings. The van der Waals surface area contributed by atoms with Crippen molar-refractivity contribution < 1.29 is 9.59 Å². The summed E-state index contributed by atoms with van der Waals surface area (Å²) in [5.74, 6) is 0.641. The highest BCUT2D eigenvalue weighted by atomic mass is 35.5. The Morgan fingerprint density at radius 2 is 1.88 bits per heavy atom. The summed E-state index contributed by atoms with van der Waals surface area (Å²) < 4.78 is 0. The van der Waals surface area contributed by atoms with Crippen LogP contribution in [0.15, 0.2) is 24.3 Å². The van der Waals surface area contributed by atoms with Gasteiger partial charge in [-0.2, -0.15) is 0 Å². The number of fused-ring (bicyclic) bond motifs is 1. The fourth-order valence-electron chi connectivity index (χ4n) is 4.10. The minimum Gasteiger partial charge on any atom is -0.351 e. The maximum Gasteiger partial charge on any atom is 0.252 e. The highest BCUT2D eigenvalue weighted by Gasteiger charge is 2.35. The Labute approximate surface area is 148 Å². The Morgan fingerprint density at radius 1 is 1.12 bits per heavy atom. The zero-order valence-corrected chi connectivity index (χ0v) is 14.7. The molecule has 0 aromatic heterocycles. The van der Waals surface area contributed by atoms with E-state index in [4.69, 9.17) is 11.6 Å². The number of rotatable bonds is 4. The van der Waals surface area contributed by atoms with Gasteiger partial charge in [0, 0.05) is 25.6 Å². The van der Waals surface area contributed by atoms with Gasteiger partial charge in [-0.25, -0.2) is 0 Å². The number of halogens is 1. The lowest BCUT2D eigenvalue weighted by molar-refractivity contribution is -0.137. The minimum absolute atomic E-state index is 0.172. The van der Waals surface area contributed by atoms with E-state index >= 15 is 0 Å². The molecule has 1 aliphatic heterocycles. The zero-order valence-electron chi connectivity index (χ0n) is 14.0.